The number of aromatic nitrogens is 4. The van der Waals surface area contributed by atoms with Crippen molar-refractivity contribution in [2.24, 2.45) is 0 Å². The molecule has 27 heavy (non-hydrogen) atoms. The summed E-state index contributed by atoms with van der Waals surface area (Å²) in [6.07, 6.45) is 0. The van der Waals surface area contributed by atoms with Gasteiger partial charge in [0.15, 0.2) is 11.0 Å². The zero-order valence-corrected chi connectivity index (χ0v) is 17.9. The molecule has 4 rings (SSSR count). The molecule has 4 nitrogen and oxygen atoms in total. The molecule has 0 saturated carbocycles. The fourth-order valence-corrected chi connectivity index (χ4v) is 5.54. The summed E-state index contributed by atoms with van der Waals surface area (Å²) in [5.41, 5.74) is 3.55. The van der Waals surface area contributed by atoms with Crippen LogP contribution in [-0.4, -0.2) is 19.7 Å². The molecule has 7 heteroatoms. The van der Waals surface area contributed by atoms with Crippen LogP contribution in [0.25, 0.3) is 21.3 Å². The van der Waals surface area contributed by atoms with Gasteiger partial charge in [0.2, 0.25) is 0 Å². The van der Waals surface area contributed by atoms with E-state index < -0.39 is 0 Å². The fourth-order valence-electron chi connectivity index (χ4n) is 2.86. The summed E-state index contributed by atoms with van der Waals surface area (Å²) in [7, 11) is 0. The van der Waals surface area contributed by atoms with Gasteiger partial charge < -0.3 is 0 Å². The zero-order valence-electron chi connectivity index (χ0n) is 15.4. The Labute approximate surface area is 171 Å². The summed E-state index contributed by atoms with van der Waals surface area (Å²) in [6.45, 7) is 6.47. The van der Waals surface area contributed by atoms with Crippen molar-refractivity contribution in [2.75, 3.05) is 0 Å². The summed E-state index contributed by atoms with van der Waals surface area (Å²) in [5.74, 6) is 1.74. The highest BCUT2D eigenvalue weighted by molar-refractivity contribution is 7.98. The van der Waals surface area contributed by atoms with Crippen molar-refractivity contribution in [3.8, 4) is 21.3 Å². The van der Waals surface area contributed by atoms with Crippen molar-refractivity contribution in [2.45, 2.75) is 37.7 Å². The summed E-state index contributed by atoms with van der Waals surface area (Å²) in [6, 6.07) is 12.8. The van der Waals surface area contributed by atoms with Crippen LogP contribution in [0.5, 0.6) is 0 Å². The molecule has 0 radical (unpaired) electrons. The molecule has 0 aliphatic rings. The Morgan fingerprint density at radius 2 is 1.93 bits per heavy atom. The monoisotopic (exact) mass is 412 g/mol. The van der Waals surface area contributed by atoms with Crippen molar-refractivity contribution >= 4 is 34.4 Å². The largest absolute Gasteiger partial charge is 0.299 e. The van der Waals surface area contributed by atoms with Gasteiger partial charge in [-0.1, -0.05) is 42.1 Å². The Morgan fingerprint density at radius 3 is 2.67 bits per heavy atom. The zero-order chi connectivity index (χ0) is 18.8. The number of nitrogens with zero attached hydrogens (tertiary/aromatic N) is 4. The third-order valence-corrected chi connectivity index (χ3v) is 6.97. The van der Waals surface area contributed by atoms with Crippen LogP contribution in [0, 0.1) is 6.92 Å². The standard InChI is InChI=1S/C20H20N4S3/c1-13(2)24-18(17-9-6-10-25-17)22-23-20(24)27-12-15-11-26-19(21-15)16-8-5-4-7-14(16)3/h4-11,13H,12H2,1-3H3. The first kappa shape index (κ1) is 18.4. The molecule has 0 spiro atoms. The molecule has 0 atom stereocenters. The molecule has 0 unspecified atom stereocenters. The molecular weight excluding hydrogens is 392 g/mol. The van der Waals surface area contributed by atoms with Gasteiger partial charge in [0.25, 0.3) is 0 Å². The fraction of sp³-hybridized carbons (Fsp3) is 0.250. The third kappa shape index (κ3) is 3.85. The van der Waals surface area contributed by atoms with Crippen LogP contribution in [-0.2, 0) is 5.75 Å². The van der Waals surface area contributed by atoms with Crippen molar-refractivity contribution in [1.82, 2.24) is 19.7 Å². The van der Waals surface area contributed by atoms with Crippen molar-refractivity contribution < 1.29 is 0 Å². The van der Waals surface area contributed by atoms with Gasteiger partial charge in [-0.2, -0.15) is 0 Å². The van der Waals surface area contributed by atoms with Gasteiger partial charge in [0.1, 0.15) is 5.01 Å². The first-order valence-corrected chi connectivity index (χ1v) is 11.5. The highest BCUT2D eigenvalue weighted by Gasteiger charge is 2.18. The Bertz CT molecular complexity index is 1030. The Hall–Kier alpha value is -1.96. The first-order chi connectivity index (χ1) is 13.1. The number of hydrogen-bond donors (Lipinski definition) is 0. The minimum atomic E-state index is 0.303. The van der Waals surface area contributed by atoms with E-state index in [-0.39, 0.29) is 0 Å². The van der Waals surface area contributed by atoms with Crippen LogP contribution in [0.2, 0.25) is 0 Å². The lowest BCUT2D eigenvalue weighted by atomic mass is 10.1. The highest BCUT2D eigenvalue weighted by atomic mass is 32.2. The minimum absolute atomic E-state index is 0.303. The number of aryl methyl sites for hydroxylation is 1. The summed E-state index contributed by atoms with van der Waals surface area (Å²) in [4.78, 5) is 5.98. The lowest BCUT2D eigenvalue weighted by molar-refractivity contribution is 0.555. The van der Waals surface area contributed by atoms with Crippen molar-refractivity contribution in [1.29, 1.82) is 0 Å². The molecule has 138 valence electrons. The highest BCUT2D eigenvalue weighted by Crippen LogP contribution is 2.33. The van der Waals surface area contributed by atoms with Gasteiger partial charge in [0.05, 0.1) is 10.6 Å². The first-order valence-electron chi connectivity index (χ1n) is 8.75. The smallest absolute Gasteiger partial charge is 0.192 e. The maximum Gasteiger partial charge on any atom is 0.192 e. The number of rotatable bonds is 6. The molecule has 0 amide bonds. The van der Waals surface area contributed by atoms with Gasteiger partial charge >= 0.3 is 0 Å². The molecule has 3 heterocycles. The molecule has 0 aliphatic carbocycles. The molecule has 1 aromatic carbocycles. The van der Waals surface area contributed by atoms with Crippen LogP contribution < -0.4 is 0 Å². The van der Waals surface area contributed by atoms with E-state index in [0.29, 0.717) is 6.04 Å². The lowest BCUT2D eigenvalue weighted by Gasteiger charge is -2.12. The molecular formula is C20H20N4S3. The molecule has 0 N–H and O–H groups in total. The predicted molar refractivity (Wildman–Crippen MR) is 116 cm³/mol. The SMILES string of the molecule is Cc1ccccc1-c1nc(CSc2nnc(-c3cccs3)n2C(C)C)cs1. The molecule has 3 aromatic heterocycles. The predicted octanol–water partition coefficient (Wildman–Crippen LogP) is 6.31. The van der Waals surface area contributed by atoms with E-state index in [4.69, 9.17) is 4.98 Å². The molecule has 0 fully saturated rings. The lowest BCUT2D eigenvalue weighted by Crippen LogP contribution is -2.04. The van der Waals surface area contributed by atoms with Crippen LogP contribution in [0.1, 0.15) is 31.1 Å². The van der Waals surface area contributed by atoms with Crippen LogP contribution in [0.4, 0.5) is 0 Å². The second kappa shape index (κ2) is 7.96. The van der Waals surface area contributed by atoms with E-state index >= 15 is 0 Å². The number of thiazole rings is 1. The van der Waals surface area contributed by atoms with Crippen LogP contribution in [0.3, 0.4) is 0 Å². The second-order valence-electron chi connectivity index (χ2n) is 6.49. The van der Waals surface area contributed by atoms with Crippen LogP contribution >= 0.6 is 34.4 Å². The van der Waals surface area contributed by atoms with Crippen molar-refractivity contribution in [3.05, 3.63) is 58.4 Å². The summed E-state index contributed by atoms with van der Waals surface area (Å²) < 4.78 is 2.21. The van der Waals surface area contributed by atoms with Gasteiger partial charge in [0, 0.05) is 22.7 Å². The summed E-state index contributed by atoms with van der Waals surface area (Å²) in [5, 5.41) is 15.1. The minimum Gasteiger partial charge on any atom is -0.299 e. The van der Waals surface area contributed by atoms with E-state index in [1.54, 1.807) is 34.4 Å². The molecule has 0 bridgehead atoms. The van der Waals surface area contributed by atoms with Crippen LogP contribution in [0.15, 0.2) is 52.3 Å². The Balaban J connectivity index is 1.54. The van der Waals surface area contributed by atoms with Gasteiger partial charge in [-0.25, -0.2) is 4.98 Å². The summed E-state index contributed by atoms with van der Waals surface area (Å²) >= 11 is 5.09. The van der Waals surface area contributed by atoms with Gasteiger partial charge in [-0.3, -0.25) is 4.57 Å². The average molecular weight is 413 g/mol. The number of benzene rings is 1. The number of hydrogen-bond acceptors (Lipinski definition) is 6. The molecule has 0 saturated heterocycles. The molecule has 4 aromatic rings. The maximum atomic E-state index is 4.83. The van der Waals surface area contributed by atoms with E-state index in [2.05, 4.69) is 82.7 Å². The topological polar surface area (TPSA) is 43.6 Å². The maximum absolute atomic E-state index is 4.83. The normalized spacial score (nSPS) is 11.4. The van der Waals surface area contributed by atoms with E-state index in [0.717, 1.165) is 32.3 Å². The Morgan fingerprint density at radius 1 is 1.07 bits per heavy atom. The van der Waals surface area contributed by atoms with E-state index in [1.165, 1.54) is 11.1 Å². The van der Waals surface area contributed by atoms with Gasteiger partial charge in [-0.15, -0.1) is 32.9 Å². The average Bonchev–Trinajstić information content (AvgIpc) is 3.39. The van der Waals surface area contributed by atoms with Gasteiger partial charge in [-0.05, 0) is 37.8 Å². The second-order valence-corrected chi connectivity index (χ2v) is 9.24. The molecule has 0 aliphatic heterocycles. The third-order valence-electron chi connectivity index (χ3n) is 4.20. The van der Waals surface area contributed by atoms with E-state index in [9.17, 15) is 0 Å². The quantitative estimate of drug-likeness (QED) is 0.348. The number of thioether (sulfide) groups is 1. The van der Waals surface area contributed by atoms with Crippen molar-refractivity contribution in [3.63, 3.8) is 0 Å². The van der Waals surface area contributed by atoms with E-state index in [1.807, 2.05) is 0 Å². The Kier molecular flexibility index (Phi) is 5.43. The number of thiophene rings is 1.